The van der Waals surface area contributed by atoms with Gasteiger partial charge in [-0.05, 0) is 26.0 Å². The van der Waals surface area contributed by atoms with Crippen LogP contribution in [-0.4, -0.2) is 31.5 Å². The lowest BCUT2D eigenvalue weighted by Crippen LogP contribution is -2.58. The molecule has 0 aromatic heterocycles. The molecule has 6 heteroatoms. The largest absolute Gasteiger partial charge is 0.573 e. The first-order valence-corrected chi connectivity index (χ1v) is 6.12. The Labute approximate surface area is 110 Å². The summed E-state index contributed by atoms with van der Waals surface area (Å²) in [5.74, 6) is -0.181. The Morgan fingerprint density at radius 2 is 2.05 bits per heavy atom. The molecule has 0 aliphatic carbocycles. The van der Waals surface area contributed by atoms with E-state index in [1.807, 2.05) is 0 Å². The highest BCUT2D eigenvalue weighted by Gasteiger charge is 2.33. The molecule has 1 heterocycles. The molecule has 0 saturated carbocycles. The average Bonchev–Trinajstić information content (AvgIpc) is 2.26. The van der Waals surface area contributed by atoms with Gasteiger partial charge in [-0.3, -0.25) is 0 Å². The van der Waals surface area contributed by atoms with Crippen molar-refractivity contribution in [3.05, 3.63) is 24.3 Å². The zero-order valence-corrected chi connectivity index (χ0v) is 10.9. The van der Waals surface area contributed by atoms with Crippen LogP contribution in [0.2, 0.25) is 0 Å². The van der Waals surface area contributed by atoms with Crippen molar-refractivity contribution in [2.45, 2.75) is 25.7 Å². The number of alkyl halides is 3. The van der Waals surface area contributed by atoms with Gasteiger partial charge in [0.05, 0.1) is 0 Å². The number of benzene rings is 1. The predicted octanol–water partition coefficient (Wildman–Crippen LogP) is 2.77. The van der Waals surface area contributed by atoms with Crippen LogP contribution in [-0.2, 0) is 0 Å². The molecular formula is C13H17F3N2O. The highest BCUT2D eigenvalue weighted by atomic mass is 19.4. The molecule has 0 radical (unpaired) electrons. The Morgan fingerprint density at radius 3 is 2.68 bits per heavy atom. The monoisotopic (exact) mass is 274 g/mol. The number of ether oxygens (including phenoxy) is 1. The van der Waals surface area contributed by atoms with Gasteiger partial charge in [0.15, 0.2) is 0 Å². The molecule has 0 spiro atoms. The van der Waals surface area contributed by atoms with E-state index in [0.717, 1.165) is 25.3 Å². The van der Waals surface area contributed by atoms with Gasteiger partial charge in [0.25, 0.3) is 0 Å². The molecule has 1 aromatic rings. The van der Waals surface area contributed by atoms with Gasteiger partial charge in [0, 0.05) is 36.9 Å². The molecule has 0 atom stereocenters. The van der Waals surface area contributed by atoms with Gasteiger partial charge < -0.3 is 15.0 Å². The molecule has 0 bridgehead atoms. The summed E-state index contributed by atoms with van der Waals surface area (Å²) in [7, 11) is 0. The van der Waals surface area contributed by atoms with Crippen molar-refractivity contribution in [1.82, 2.24) is 5.32 Å². The summed E-state index contributed by atoms with van der Waals surface area (Å²) in [5.41, 5.74) is 0.600. The summed E-state index contributed by atoms with van der Waals surface area (Å²) >= 11 is 0. The quantitative estimate of drug-likeness (QED) is 0.897. The second-order valence-corrected chi connectivity index (χ2v) is 5.19. The zero-order valence-electron chi connectivity index (χ0n) is 10.9. The number of anilines is 1. The molecule has 3 nitrogen and oxygen atoms in total. The maximum atomic E-state index is 12.2. The summed E-state index contributed by atoms with van der Waals surface area (Å²) in [6.45, 7) is 6.46. The molecule has 1 aromatic carbocycles. The van der Waals surface area contributed by atoms with Crippen LogP contribution < -0.4 is 15.0 Å². The van der Waals surface area contributed by atoms with Crippen molar-refractivity contribution in [3.8, 4) is 5.75 Å². The molecule has 0 unspecified atom stereocenters. The molecular weight excluding hydrogens is 257 g/mol. The van der Waals surface area contributed by atoms with E-state index >= 15 is 0 Å². The van der Waals surface area contributed by atoms with Crippen LogP contribution in [0.3, 0.4) is 0 Å². The predicted molar refractivity (Wildman–Crippen MR) is 67.4 cm³/mol. The molecule has 1 saturated heterocycles. The Morgan fingerprint density at radius 1 is 1.32 bits per heavy atom. The minimum Gasteiger partial charge on any atom is -0.406 e. The number of hydrogen-bond acceptors (Lipinski definition) is 3. The average molecular weight is 274 g/mol. The number of halogens is 3. The standard InChI is InChI=1S/C13H17F3N2O/c1-12(2)9-17-6-7-18(12)10-4-3-5-11(8-10)19-13(14,15)16/h3-5,8,17H,6-7,9H2,1-2H3. The van der Waals surface area contributed by atoms with Crippen LogP contribution in [0.4, 0.5) is 18.9 Å². The fourth-order valence-electron chi connectivity index (χ4n) is 2.31. The molecule has 106 valence electrons. The second kappa shape index (κ2) is 4.92. The summed E-state index contributed by atoms with van der Waals surface area (Å²) in [6, 6.07) is 6.12. The van der Waals surface area contributed by atoms with Crippen LogP contribution in [0.1, 0.15) is 13.8 Å². The van der Waals surface area contributed by atoms with Crippen molar-refractivity contribution in [3.63, 3.8) is 0 Å². The highest BCUT2D eigenvalue weighted by molar-refractivity contribution is 5.53. The van der Waals surface area contributed by atoms with Crippen molar-refractivity contribution in [1.29, 1.82) is 0 Å². The zero-order chi connectivity index (χ0) is 14.1. The number of rotatable bonds is 2. The van der Waals surface area contributed by atoms with Gasteiger partial charge in [-0.1, -0.05) is 6.07 Å². The first-order valence-electron chi connectivity index (χ1n) is 6.12. The van der Waals surface area contributed by atoms with Crippen LogP contribution in [0, 0.1) is 0 Å². The van der Waals surface area contributed by atoms with E-state index in [0.29, 0.717) is 0 Å². The van der Waals surface area contributed by atoms with Crippen LogP contribution in [0.15, 0.2) is 24.3 Å². The second-order valence-electron chi connectivity index (χ2n) is 5.19. The van der Waals surface area contributed by atoms with Crippen LogP contribution in [0.25, 0.3) is 0 Å². The van der Waals surface area contributed by atoms with Gasteiger partial charge in [-0.2, -0.15) is 0 Å². The van der Waals surface area contributed by atoms with E-state index in [4.69, 9.17) is 0 Å². The van der Waals surface area contributed by atoms with E-state index in [1.54, 1.807) is 12.1 Å². The van der Waals surface area contributed by atoms with E-state index in [1.165, 1.54) is 12.1 Å². The van der Waals surface area contributed by atoms with Crippen molar-refractivity contribution in [2.24, 2.45) is 0 Å². The maximum absolute atomic E-state index is 12.2. The van der Waals surface area contributed by atoms with Gasteiger partial charge in [0.1, 0.15) is 5.75 Å². The smallest absolute Gasteiger partial charge is 0.406 e. The molecule has 1 aliphatic heterocycles. The minimum absolute atomic E-state index is 0.144. The summed E-state index contributed by atoms with van der Waals surface area (Å²) in [4.78, 5) is 2.09. The summed E-state index contributed by atoms with van der Waals surface area (Å²) in [6.07, 6.45) is -4.66. The van der Waals surface area contributed by atoms with E-state index in [2.05, 4.69) is 28.8 Å². The van der Waals surface area contributed by atoms with Gasteiger partial charge >= 0.3 is 6.36 Å². The minimum atomic E-state index is -4.66. The number of hydrogen-bond donors (Lipinski definition) is 1. The highest BCUT2D eigenvalue weighted by Crippen LogP contribution is 2.30. The van der Waals surface area contributed by atoms with Crippen molar-refractivity contribution < 1.29 is 17.9 Å². The lowest BCUT2D eigenvalue weighted by molar-refractivity contribution is -0.274. The summed E-state index contributed by atoms with van der Waals surface area (Å²) < 4.78 is 40.6. The van der Waals surface area contributed by atoms with Gasteiger partial charge in [-0.25, -0.2) is 0 Å². The third kappa shape index (κ3) is 3.53. The number of nitrogens with one attached hydrogen (secondary N) is 1. The van der Waals surface area contributed by atoms with Gasteiger partial charge in [0.2, 0.25) is 0 Å². The molecule has 0 amide bonds. The lowest BCUT2D eigenvalue weighted by Gasteiger charge is -2.44. The first kappa shape index (κ1) is 14.0. The van der Waals surface area contributed by atoms with Gasteiger partial charge in [-0.15, -0.1) is 13.2 Å². The fourth-order valence-corrected chi connectivity index (χ4v) is 2.31. The maximum Gasteiger partial charge on any atom is 0.573 e. The normalized spacial score (nSPS) is 19.3. The molecule has 1 aliphatic rings. The van der Waals surface area contributed by atoms with Crippen LogP contribution in [0.5, 0.6) is 5.75 Å². The van der Waals surface area contributed by atoms with E-state index in [-0.39, 0.29) is 11.3 Å². The van der Waals surface area contributed by atoms with E-state index in [9.17, 15) is 13.2 Å². The number of piperazine rings is 1. The molecule has 1 N–H and O–H groups in total. The van der Waals surface area contributed by atoms with E-state index < -0.39 is 6.36 Å². The summed E-state index contributed by atoms with van der Waals surface area (Å²) in [5, 5.41) is 3.27. The molecule has 1 fully saturated rings. The molecule has 2 rings (SSSR count). The Bertz CT molecular complexity index is 446. The Balaban J connectivity index is 2.23. The topological polar surface area (TPSA) is 24.5 Å². The molecule has 19 heavy (non-hydrogen) atoms. The third-order valence-electron chi connectivity index (χ3n) is 3.16. The first-order chi connectivity index (χ1) is 8.78. The van der Waals surface area contributed by atoms with Crippen molar-refractivity contribution >= 4 is 5.69 Å². The lowest BCUT2D eigenvalue weighted by atomic mass is 9.99. The Kier molecular flexibility index (Phi) is 3.62. The van der Waals surface area contributed by atoms with Crippen LogP contribution >= 0.6 is 0 Å². The SMILES string of the molecule is CC1(C)CNCCN1c1cccc(OC(F)(F)F)c1. The third-order valence-corrected chi connectivity index (χ3v) is 3.16. The fraction of sp³-hybridized carbons (Fsp3) is 0.538. The van der Waals surface area contributed by atoms with Crippen molar-refractivity contribution in [2.75, 3.05) is 24.5 Å². The Hall–Kier alpha value is -1.43. The number of nitrogens with zero attached hydrogens (tertiary/aromatic N) is 1.